The highest BCUT2D eigenvalue weighted by molar-refractivity contribution is 7.89. The number of carbonyl (C=O) groups excluding carboxylic acids is 1. The van der Waals surface area contributed by atoms with Gasteiger partial charge in [0.05, 0.1) is 4.90 Å². The topological polar surface area (TPSA) is 101 Å². The van der Waals surface area contributed by atoms with Crippen LogP contribution in [-0.2, 0) is 14.8 Å². The van der Waals surface area contributed by atoms with Gasteiger partial charge in [0, 0.05) is 24.2 Å². The summed E-state index contributed by atoms with van der Waals surface area (Å²) in [5.41, 5.74) is 0.366. The number of sulfonamides is 1. The monoisotopic (exact) mass is 299 g/mol. The number of benzene rings is 1. The molecule has 1 amide bonds. The van der Waals surface area contributed by atoms with E-state index in [2.05, 4.69) is 10.6 Å². The SMILES string of the molecule is CC(C)(C)NCCC(=O)Nc1cccc(S(N)(=O)=O)c1. The fourth-order valence-corrected chi connectivity index (χ4v) is 2.08. The maximum absolute atomic E-state index is 11.7. The van der Waals surface area contributed by atoms with E-state index in [4.69, 9.17) is 5.14 Å². The predicted molar refractivity (Wildman–Crippen MR) is 78.8 cm³/mol. The Labute approximate surface area is 119 Å². The molecule has 0 atom stereocenters. The maximum atomic E-state index is 11.7. The second-order valence-corrected chi connectivity index (χ2v) is 7.11. The Hall–Kier alpha value is -1.44. The Morgan fingerprint density at radius 2 is 1.95 bits per heavy atom. The first-order chi connectivity index (χ1) is 9.08. The molecule has 7 heteroatoms. The van der Waals surface area contributed by atoms with Crippen molar-refractivity contribution in [3.05, 3.63) is 24.3 Å². The van der Waals surface area contributed by atoms with Gasteiger partial charge in [-0.1, -0.05) is 6.07 Å². The van der Waals surface area contributed by atoms with Crippen LogP contribution in [0.3, 0.4) is 0 Å². The van der Waals surface area contributed by atoms with Gasteiger partial charge in [0.15, 0.2) is 0 Å². The molecule has 1 aromatic rings. The molecule has 1 aromatic carbocycles. The third kappa shape index (κ3) is 6.14. The Bertz CT molecular complexity index is 577. The molecule has 0 aliphatic heterocycles. The lowest BCUT2D eigenvalue weighted by molar-refractivity contribution is -0.116. The maximum Gasteiger partial charge on any atom is 0.238 e. The van der Waals surface area contributed by atoms with Crippen LogP contribution in [0.2, 0.25) is 0 Å². The summed E-state index contributed by atoms with van der Waals surface area (Å²) in [7, 11) is -3.76. The van der Waals surface area contributed by atoms with Crippen LogP contribution in [0.15, 0.2) is 29.2 Å². The number of hydrogen-bond donors (Lipinski definition) is 3. The van der Waals surface area contributed by atoms with E-state index in [1.165, 1.54) is 18.2 Å². The summed E-state index contributed by atoms with van der Waals surface area (Å²) in [6.45, 7) is 6.59. The number of anilines is 1. The van der Waals surface area contributed by atoms with Crippen molar-refractivity contribution in [2.45, 2.75) is 37.6 Å². The molecule has 0 saturated carbocycles. The van der Waals surface area contributed by atoms with Crippen LogP contribution < -0.4 is 15.8 Å². The van der Waals surface area contributed by atoms with Crippen molar-refractivity contribution in [1.29, 1.82) is 0 Å². The molecule has 0 radical (unpaired) electrons. The summed E-state index contributed by atoms with van der Waals surface area (Å²) in [5.74, 6) is -0.187. The minimum absolute atomic E-state index is 0.0249. The molecule has 0 aromatic heterocycles. The average Bonchev–Trinajstić information content (AvgIpc) is 2.26. The van der Waals surface area contributed by atoms with Crippen molar-refractivity contribution < 1.29 is 13.2 Å². The lowest BCUT2D eigenvalue weighted by atomic mass is 10.1. The largest absolute Gasteiger partial charge is 0.326 e. The van der Waals surface area contributed by atoms with Gasteiger partial charge in [0.1, 0.15) is 0 Å². The molecule has 6 nitrogen and oxygen atoms in total. The number of amides is 1. The lowest BCUT2D eigenvalue weighted by Crippen LogP contribution is -2.37. The van der Waals surface area contributed by atoms with Crippen LogP contribution in [0.25, 0.3) is 0 Å². The van der Waals surface area contributed by atoms with Gasteiger partial charge in [-0.15, -0.1) is 0 Å². The number of carbonyl (C=O) groups is 1. The van der Waals surface area contributed by atoms with E-state index in [-0.39, 0.29) is 16.3 Å². The van der Waals surface area contributed by atoms with Crippen LogP contribution >= 0.6 is 0 Å². The standard InChI is InChI=1S/C13H21N3O3S/c1-13(2,3)15-8-7-12(17)16-10-5-4-6-11(9-10)20(14,18)19/h4-6,9,15H,7-8H2,1-3H3,(H,16,17)(H2,14,18,19). The van der Waals surface area contributed by atoms with Crippen molar-refractivity contribution in [3.63, 3.8) is 0 Å². The molecule has 112 valence electrons. The highest BCUT2D eigenvalue weighted by Crippen LogP contribution is 2.14. The second-order valence-electron chi connectivity index (χ2n) is 5.55. The van der Waals surface area contributed by atoms with Crippen LogP contribution in [0.1, 0.15) is 27.2 Å². The van der Waals surface area contributed by atoms with Crippen LogP contribution in [0, 0.1) is 0 Å². The summed E-state index contributed by atoms with van der Waals surface area (Å²) in [6, 6.07) is 5.86. The molecule has 0 unspecified atom stereocenters. The van der Waals surface area contributed by atoms with Crippen molar-refractivity contribution in [3.8, 4) is 0 Å². The zero-order chi connectivity index (χ0) is 15.4. The average molecular weight is 299 g/mol. The van der Waals surface area contributed by atoms with Gasteiger partial charge in [-0.25, -0.2) is 13.6 Å². The van der Waals surface area contributed by atoms with E-state index in [1.807, 2.05) is 20.8 Å². The number of rotatable bonds is 5. The molecule has 0 bridgehead atoms. The fourth-order valence-electron chi connectivity index (χ4n) is 1.53. The minimum atomic E-state index is -3.76. The van der Waals surface area contributed by atoms with Gasteiger partial charge in [-0.2, -0.15) is 0 Å². The number of nitrogens with one attached hydrogen (secondary N) is 2. The van der Waals surface area contributed by atoms with Crippen molar-refractivity contribution >= 4 is 21.6 Å². The highest BCUT2D eigenvalue weighted by atomic mass is 32.2. The third-order valence-corrected chi connectivity index (χ3v) is 3.36. The molecule has 0 saturated heterocycles. The zero-order valence-corrected chi connectivity index (χ0v) is 12.8. The van der Waals surface area contributed by atoms with E-state index in [9.17, 15) is 13.2 Å². The fraction of sp³-hybridized carbons (Fsp3) is 0.462. The summed E-state index contributed by atoms with van der Waals surface area (Å²) in [5, 5.41) is 10.9. The van der Waals surface area contributed by atoms with Crippen molar-refractivity contribution in [2.24, 2.45) is 5.14 Å². The smallest absolute Gasteiger partial charge is 0.238 e. The highest BCUT2D eigenvalue weighted by Gasteiger charge is 2.11. The van der Waals surface area contributed by atoms with Crippen molar-refractivity contribution in [2.75, 3.05) is 11.9 Å². The van der Waals surface area contributed by atoms with Crippen molar-refractivity contribution in [1.82, 2.24) is 5.32 Å². The van der Waals surface area contributed by atoms with Gasteiger partial charge in [-0.3, -0.25) is 4.79 Å². The lowest BCUT2D eigenvalue weighted by Gasteiger charge is -2.20. The predicted octanol–water partition coefficient (Wildman–Crippen LogP) is 1.05. The number of primary sulfonamides is 1. The number of hydrogen-bond acceptors (Lipinski definition) is 4. The van der Waals surface area contributed by atoms with Gasteiger partial charge in [-0.05, 0) is 39.0 Å². The van der Waals surface area contributed by atoms with Gasteiger partial charge >= 0.3 is 0 Å². The van der Waals surface area contributed by atoms with E-state index in [0.717, 1.165) is 0 Å². The first kappa shape index (κ1) is 16.6. The molecule has 4 N–H and O–H groups in total. The molecule has 20 heavy (non-hydrogen) atoms. The van der Waals surface area contributed by atoms with E-state index < -0.39 is 10.0 Å². The zero-order valence-electron chi connectivity index (χ0n) is 11.9. The summed E-state index contributed by atoms with van der Waals surface area (Å²) >= 11 is 0. The molecule has 1 rings (SSSR count). The summed E-state index contributed by atoms with van der Waals surface area (Å²) in [4.78, 5) is 11.7. The Balaban J connectivity index is 2.59. The first-order valence-corrected chi connectivity index (χ1v) is 7.80. The number of nitrogens with two attached hydrogens (primary N) is 1. The van der Waals surface area contributed by atoms with E-state index in [0.29, 0.717) is 18.7 Å². The van der Waals surface area contributed by atoms with Gasteiger partial charge in [0.2, 0.25) is 15.9 Å². The quantitative estimate of drug-likeness (QED) is 0.756. The normalized spacial score (nSPS) is 12.2. The summed E-state index contributed by atoms with van der Waals surface area (Å²) in [6.07, 6.45) is 0.302. The Morgan fingerprint density at radius 1 is 1.30 bits per heavy atom. The third-order valence-electron chi connectivity index (χ3n) is 2.45. The summed E-state index contributed by atoms with van der Waals surface area (Å²) < 4.78 is 22.4. The molecular weight excluding hydrogens is 278 g/mol. The van der Waals surface area contributed by atoms with Crippen LogP contribution in [-0.4, -0.2) is 26.4 Å². The van der Waals surface area contributed by atoms with Gasteiger partial charge < -0.3 is 10.6 Å². The molecule has 0 spiro atoms. The van der Waals surface area contributed by atoms with Crippen LogP contribution in [0.5, 0.6) is 0 Å². The molecule has 0 aliphatic carbocycles. The van der Waals surface area contributed by atoms with E-state index in [1.54, 1.807) is 6.07 Å². The molecular formula is C13H21N3O3S. The first-order valence-electron chi connectivity index (χ1n) is 6.26. The Kier molecular flexibility index (Phi) is 5.27. The molecule has 0 aliphatic rings. The molecule has 0 heterocycles. The molecule has 0 fully saturated rings. The van der Waals surface area contributed by atoms with E-state index >= 15 is 0 Å². The minimum Gasteiger partial charge on any atom is -0.326 e. The second kappa shape index (κ2) is 6.34. The van der Waals surface area contributed by atoms with Crippen LogP contribution in [0.4, 0.5) is 5.69 Å². The Morgan fingerprint density at radius 3 is 2.50 bits per heavy atom. The van der Waals surface area contributed by atoms with Gasteiger partial charge in [0.25, 0.3) is 0 Å².